The van der Waals surface area contributed by atoms with Crippen LogP contribution in [0.4, 0.5) is 0 Å². The summed E-state index contributed by atoms with van der Waals surface area (Å²) in [5.74, 6) is 2.24. The van der Waals surface area contributed by atoms with E-state index >= 15 is 0 Å². The Morgan fingerprint density at radius 2 is 1.48 bits per heavy atom. The van der Waals surface area contributed by atoms with Gasteiger partial charge in [-0.05, 0) is 59.9 Å². The van der Waals surface area contributed by atoms with Gasteiger partial charge < -0.3 is 9.47 Å². The zero-order valence-corrected chi connectivity index (χ0v) is 15.7. The summed E-state index contributed by atoms with van der Waals surface area (Å²) in [6.07, 6.45) is 5.94. The van der Waals surface area contributed by atoms with Crippen LogP contribution in [0.2, 0.25) is 0 Å². The first-order valence-corrected chi connectivity index (χ1v) is 9.09. The molecule has 3 rings (SSSR count). The molecule has 0 N–H and O–H groups in total. The van der Waals surface area contributed by atoms with Crippen molar-refractivity contribution in [3.63, 3.8) is 0 Å². The topological polar surface area (TPSA) is 61.5 Å². The van der Waals surface area contributed by atoms with Gasteiger partial charge in [-0.3, -0.25) is 0 Å². The van der Waals surface area contributed by atoms with Crippen molar-refractivity contribution in [2.24, 2.45) is 5.10 Å². The van der Waals surface area contributed by atoms with Crippen molar-refractivity contribution in [2.75, 3.05) is 13.2 Å². The van der Waals surface area contributed by atoms with Gasteiger partial charge in [-0.1, -0.05) is 26.0 Å². The van der Waals surface area contributed by atoms with Crippen molar-refractivity contribution in [3.8, 4) is 11.5 Å². The molecule has 0 saturated heterocycles. The molecule has 0 amide bonds. The largest absolute Gasteiger partial charge is 0.490 e. The Morgan fingerprint density at radius 1 is 0.926 bits per heavy atom. The van der Waals surface area contributed by atoms with Crippen molar-refractivity contribution in [2.45, 2.75) is 26.2 Å². The minimum Gasteiger partial charge on any atom is -0.490 e. The average molecular weight is 364 g/mol. The van der Waals surface area contributed by atoms with Crippen LogP contribution in [-0.2, 0) is 0 Å². The van der Waals surface area contributed by atoms with E-state index in [2.05, 4.69) is 41.3 Å². The molecule has 0 bridgehead atoms. The fraction of sp³-hybridized carbons (Fsp3) is 0.286. The first-order valence-electron chi connectivity index (χ1n) is 9.09. The molecule has 0 saturated carbocycles. The van der Waals surface area contributed by atoms with Crippen LogP contribution in [-0.4, -0.2) is 34.3 Å². The maximum atomic E-state index is 5.74. The molecule has 1 aromatic heterocycles. The number of hydrogen-bond acceptors (Lipinski definition) is 5. The third-order valence-electron chi connectivity index (χ3n) is 4.31. The van der Waals surface area contributed by atoms with Crippen LogP contribution in [0.15, 0.2) is 66.3 Å². The molecule has 2 aromatic carbocycles. The maximum absolute atomic E-state index is 5.74. The van der Waals surface area contributed by atoms with Gasteiger partial charge in [-0.2, -0.15) is 5.10 Å². The molecule has 27 heavy (non-hydrogen) atoms. The Kier molecular flexibility index (Phi) is 6.57. The molecular formula is C21H24N4O2. The molecule has 0 radical (unpaired) electrons. The highest BCUT2D eigenvalue weighted by atomic mass is 16.5. The third kappa shape index (κ3) is 5.67. The van der Waals surface area contributed by atoms with Crippen LogP contribution >= 0.6 is 0 Å². The van der Waals surface area contributed by atoms with Gasteiger partial charge in [0.2, 0.25) is 0 Å². The lowest BCUT2D eigenvalue weighted by Crippen LogP contribution is -2.09. The second-order valence-electron chi connectivity index (χ2n) is 6.23. The normalized spacial score (nSPS) is 12.2. The van der Waals surface area contributed by atoms with Gasteiger partial charge in [-0.25, -0.2) is 4.68 Å². The minimum absolute atomic E-state index is 0.487. The summed E-state index contributed by atoms with van der Waals surface area (Å²) in [6, 6.07) is 16.0. The Hall–Kier alpha value is -3.15. The van der Waals surface area contributed by atoms with Crippen LogP contribution in [0.1, 0.15) is 37.3 Å². The molecule has 0 aliphatic carbocycles. The van der Waals surface area contributed by atoms with E-state index < -0.39 is 0 Å². The second kappa shape index (κ2) is 9.52. The lowest BCUT2D eigenvalue weighted by atomic mass is 9.99. The molecule has 0 aliphatic heterocycles. The van der Waals surface area contributed by atoms with Crippen molar-refractivity contribution >= 4 is 6.21 Å². The number of benzene rings is 2. The number of aromatic nitrogens is 3. The molecule has 0 spiro atoms. The summed E-state index contributed by atoms with van der Waals surface area (Å²) in [5, 5.41) is 11.6. The fourth-order valence-electron chi connectivity index (χ4n) is 2.49. The standard InChI is InChI=1S/C21H24N4O2/c1-3-17(2)19-6-10-21(11-7-19)27-13-12-26-20-8-4-18(5-9-20)14-24-25-15-22-23-16-25/h4-11,14-17H,3,12-13H2,1-2H3/b24-14-/t17-/m1/s1. The number of hydrogen-bond donors (Lipinski definition) is 0. The molecule has 0 aliphatic rings. The van der Waals surface area contributed by atoms with Crippen molar-refractivity contribution in [1.29, 1.82) is 0 Å². The Labute approximate surface area is 159 Å². The van der Waals surface area contributed by atoms with Crippen molar-refractivity contribution in [1.82, 2.24) is 14.9 Å². The molecule has 3 aromatic rings. The SMILES string of the molecule is CC[C@@H](C)c1ccc(OCCOc2ccc(/C=N\n3cnnc3)cc2)cc1. The fourth-order valence-corrected chi connectivity index (χ4v) is 2.49. The summed E-state index contributed by atoms with van der Waals surface area (Å²) in [6.45, 7) is 5.42. The summed E-state index contributed by atoms with van der Waals surface area (Å²) in [4.78, 5) is 0. The lowest BCUT2D eigenvalue weighted by Gasteiger charge is -2.11. The van der Waals surface area contributed by atoms with Crippen molar-refractivity contribution in [3.05, 3.63) is 72.3 Å². The average Bonchev–Trinajstić information content (AvgIpc) is 3.24. The van der Waals surface area contributed by atoms with E-state index in [-0.39, 0.29) is 0 Å². The molecule has 6 heteroatoms. The first-order chi connectivity index (χ1) is 13.2. The van der Waals surface area contributed by atoms with E-state index in [9.17, 15) is 0 Å². The zero-order valence-electron chi connectivity index (χ0n) is 15.7. The van der Waals surface area contributed by atoms with Gasteiger partial charge in [0.15, 0.2) is 0 Å². The highest BCUT2D eigenvalue weighted by Crippen LogP contribution is 2.21. The quantitative estimate of drug-likeness (QED) is 0.423. The van der Waals surface area contributed by atoms with Gasteiger partial charge in [0.1, 0.15) is 37.4 Å². The second-order valence-corrected chi connectivity index (χ2v) is 6.23. The van der Waals surface area contributed by atoms with Crippen LogP contribution in [0.3, 0.4) is 0 Å². The maximum Gasteiger partial charge on any atom is 0.141 e. The number of ether oxygens (including phenoxy) is 2. The van der Waals surface area contributed by atoms with E-state index in [1.54, 1.807) is 6.21 Å². The van der Waals surface area contributed by atoms with Gasteiger partial charge in [0.25, 0.3) is 0 Å². The van der Waals surface area contributed by atoms with Crippen LogP contribution in [0.25, 0.3) is 0 Å². The molecule has 1 heterocycles. The predicted octanol–water partition coefficient (Wildman–Crippen LogP) is 4.13. The molecule has 1 atom stereocenters. The Balaban J connectivity index is 1.41. The van der Waals surface area contributed by atoms with E-state index in [1.165, 1.54) is 22.9 Å². The molecule has 0 unspecified atom stereocenters. The predicted molar refractivity (Wildman–Crippen MR) is 106 cm³/mol. The van der Waals surface area contributed by atoms with Gasteiger partial charge in [0, 0.05) is 0 Å². The highest BCUT2D eigenvalue weighted by molar-refractivity contribution is 5.79. The lowest BCUT2D eigenvalue weighted by molar-refractivity contribution is 0.217. The Bertz CT molecular complexity index is 828. The van der Waals surface area contributed by atoms with E-state index in [4.69, 9.17) is 9.47 Å². The highest BCUT2D eigenvalue weighted by Gasteiger charge is 2.03. The monoisotopic (exact) mass is 364 g/mol. The molecule has 0 fully saturated rings. The third-order valence-corrected chi connectivity index (χ3v) is 4.31. The van der Waals surface area contributed by atoms with E-state index in [0.29, 0.717) is 19.1 Å². The van der Waals surface area contributed by atoms with Gasteiger partial charge in [-0.15, -0.1) is 10.2 Å². The van der Waals surface area contributed by atoms with Gasteiger partial charge >= 0.3 is 0 Å². The summed E-state index contributed by atoms with van der Waals surface area (Å²) < 4.78 is 13.0. The summed E-state index contributed by atoms with van der Waals surface area (Å²) >= 11 is 0. The summed E-state index contributed by atoms with van der Waals surface area (Å²) in [5.41, 5.74) is 2.31. The van der Waals surface area contributed by atoms with Gasteiger partial charge in [0.05, 0.1) is 6.21 Å². The molecule has 140 valence electrons. The Morgan fingerprint density at radius 3 is 2.04 bits per heavy atom. The van der Waals surface area contributed by atoms with E-state index in [0.717, 1.165) is 23.5 Å². The first kappa shape index (κ1) is 18.6. The van der Waals surface area contributed by atoms with Crippen LogP contribution in [0.5, 0.6) is 11.5 Å². The van der Waals surface area contributed by atoms with Crippen molar-refractivity contribution < 1.29 is 9.47 Å². The molecule has 6 nitrogen and oxygen atoms in total. The minimum atomic E-state index is 0.487. The van der Waals surface area contributed by atoms with E-state index in [1.807, 2.05) is 36.4 Å². The summed E-state index contributed by atoms with van der Waals surface area (Å²) in [7, 11) is 0. The smallest absolute Gasteiger partial charge is 0.141 e. The van der Waals surface area contributed by atoms with Crippen LogP contribution in [0, 0.1) is 0 Å². The van der Waals surface area contributed by atoms with Crippen LogP contribution < -0.4 is 9.47 Å². The zero-order chi connectivity index (χ0) is 18.9. The number of nitrogens with zero attached hydrogens (tertiary/aromatic N) is 4. The number of rotatable bonds is 9. The molecular weight excluding hydrogens is 340 g/mol.